The van der Waals surface area contributed by atoms with Gasteiger partial charge in [-0.2, -0.15) is 26.3 Å². The first-order valence-corrected chi connectivity index (χ1v) is 13.2. The van der Waals surface area contributed by atoms with Crippen molar-refractivity contribution in [3.05, 3.63) is 22.8 Å². The van der Waals surface area contributed by atoms with Crippen LogP contribution in [0.4, 0.5) is 35.1 Å². The average molecular weight is 571 g/mol. The second-order valence-electron chi connectivity index (χ2n) is 8.70. The molecule has 0 aliphatic rings. The molecular weight excluding hydrogens is 536 g/mol. The molecule has 1 aromatic rings. The summed E-state index contributed by atoms with van der Waals surface area (Å²) in [6, 6.07) is 0. The minimum absolute atomic E-state index is 0.105. The van der Waals surface area contributed by atoms with E-state index in [1.165, 1.54) is 44.9 Å². The van der Waals surface area contributed by atoms with Crippen LogP contribution in [0.25, 0.3) is 0 Å². The van der Waals surface area contributed by atoms with E-state index in [0.29, 0.717) is 12.8 Å². The van der Waals surface area contributed by atoms with Gasteiger partial charge in [0.05, 0.1) is 18.6 Å². The second kappa shape index (κ2) is 17.3. The van der Waals surface area contributed by atoms with E-state index >= 15 is 0 Å². The van der Waals surface area contributed by atoms with Crippen molar-refractivity contribution in [1.82, 2.24) is 0 Å². The third-order valence-corrected chi connectivity index (χ3v) is 6.40. The summed E-state index contributed by atoms with van der Waals surface area (Å²) < 4.78 is 118. The van der Waals surface area contributed by atoms with E-state index in [0.717, 1.165) is 25.7 Å². The van der Waals surface area contributed by atoms with Gasteiger partial charge in [0.2, 0.25) is 0 Å². The van der Waals surface area contributed by atoms with E-state index in [2.05, 4.69) is 16.3 Å². The van der Waals surface area contributed by atoms with Crippen molar-refractivity contribution < 1.29 is 54.5 Å². The molecule has 0 heterocycles. The smallest absolute Gasteiger partial charge is 0.422 e. The molecule has 1 rings (SSSR count). The number of hydrogen-bond donors (Lipinski definition) is 1. The van der Waals surface area contributed by atoms with Gasteiger partial charge >= 0.3 is 12.4 Å². The predicted molar refractivity (Wildman–Crippen MR) is 123 cm³/mol. The monoisotopic (exact) mass is 570 g/mol. The number of ether oxygens (including phenoxy) is 1. The van der Waals surface area contributed by atoms with Gasteiger partial charge < -0.3 is 4.74 Å². The summed E-state index contributed by atoms with van der Waals surface area (Å²) in [7, 11) is 0. The van der Waals surface area contributed by atoms with Crippen LogP contribution in [-0.2, 0) is 21.7 Å². The largest absolute Gasteiger partial charge is 0.492 e. The summed E-state index contributed by atoms with van der Waals surface area (Å²) in [5.74, 6) is -6.73. The van der Waals surface area contributed by atoms with Crippen LogP contribution in [0.1, 0.15) is 108 Å². The number of unbranched alkanes of at least 4 members (excludes halogenated alkanes) is 13. The van der Waals surface area contributed by atoms with Crippen LogP contribution in [0.2, 0.25) is 0 Å². The van der Waals surface area contributed by atoms with Crippen LogP contribution in [0, 0.1) is 11.6 Å². The highest BCUT2D eigenvalue weighted by atomic mass is 32.2. The number of rotatable bonds is 19. The van der Waals surface area contributed by atoms with E-state index in [-0.39, 0.29) is 6.42 Å². The van der Waals surface area contributed by atoms with Crippen molar-refractivity contribution in [1.29, 1.82) is 0 Å². The Bertz CT molecular complexity index is 746. The lowest BCUT2D eigenvalue weighted by molar-refractivity contribution is -0.432. The number of alkyl halides is 6. The van der Waals surface area contributed by atoms with E-state index in [9.17, 15) is 35.1 Å². The van der Waals surface area contributed by atoms with Crippen molar-refractivity contribution in [3.63, 3.8) is 0 Å². The lowest BCUT2D eigenvalue weighted by atomic mass is 10.0. The molecule has 0 fully saturated rings. The van der Waals surface area contributed by atoms with Crippen LogP contribution in [-0.4, -0.2) is 11.9 Å². The van der Waals surface area contributed by atoms with E-state index in [1.807, 2.05) is 0 Å². The first-order chi connectivity index (χ1) is 17.5. The summed E-state index contributed by atoms with van der Waals surface area (Å²) in [4.78, 5) is -1.79. The highest BCUT2D eigenvalue weighted by molar-refractivity contribution is 7.94. The lowest BCUT2D eigenvalue weighted by Crippen LogP contribution is -2.21. The molecule has 37 heavy (non-hydrogen) atoms. The fourth-order valence-electron chi connectivity index (χ4n) is 3.89. The van der Waals surface area contributed by atoms with Gasteiger partial charge in [0.1, 0.15) is 21.8 Å². The Balaban J connectivity index is 2.62. The molecule has 0 saturated heterocycles. The van der Waals surface area contributed by atoms with E-state index in [1.54, 1.807) is 0 Å². The Morgan fingerprint density at radius 2 is 1.03 bits per heavy atom. The van der Waals surface area contributed by atoms with Crippen molar-refractivity contribution in [2.45, 2.75) is 114 Å². The third-order valence-electron chi connectivity index (χ3n) is 5.75. The van der Waals surface area contributed by atoms with Crippen molar-refractivity contribution >= 4 is 12.0 Å². The van der Waals surface area contributed by atoms with E-state index in [4.69, 9.17) is 9.99 Å². The maximum Gasteiger partial charge on any atom is 0.422 e. The molecular formula is C24H34F8O4S. The summed E-state index contributed by atoms with van der Waals surface area (Å²) in [6.07, 6.45) is 2.68. The standard InChI is InChI=1S/C24H34F8O4S/c1-2-3-4-5-6-7-8-9-10-11-12-13-14-15-16-34-21-17(23(27,28)29)19(25)22(37-36-35-33)20(26)18(21)24(30,31)32/h33H,2-16H2,1H3. The maximum atomic E-state index is 14.4. The van der Waals surface area contributed by atoms with E-state index < -0.39 is 64.4 Å². The zero-order chi connectivity index (χ0) is 27.9. The van der Waals surface area contributed by atoms with Gasteiger partial charge in [0.25, 0.3) is 0 Å². The van der Waals surface area contributed by atoms with Gasteiger partial charge in [-0.05, 0) is 6.42 Å². The molecule has 4 nitrogen and oxygen atoms in total. The van der Waals surface area contributed by atoms with Gasteiger partial charge in [-0.25, -0.2) is 14.0 Å². The average Bonchev–Trinajstić information content (AvgIpc) is 2.79. The minimum Gasteiger partial charge on any atom is -0.492 e. The minimum atomic E-state index is -5.64. The highest BCUT2D eigenvalue weighted by Crippen LogP contribution is 2.50. The van der Waals surface area contributed by atoms with Gasteiger partial charge in [-0.15, -0.1) is 4.33 Å². The van der Waals surface area contributed by atoms with Crippen LogP contribution >= 0.6 is 12.0 Å². The molecule has 0 bridgehead atoms. The zero-order valence-corrected chi connectivity index (χ0v) is 21.5. The van der Waals surface area contributed by atoms with Crippen molar-refractivity contribution in [2.75, 3.05) is 6.61 Å². The first kappa shape index (κ1) is 33.7. The number of hydrogen-bond acceptors (Lipinski definition) is 5. The van der Waals surface area contributed by atoms with Crippen molar-refractivity contribution in [3.8, 4) is 5.75 Å². The summed E-state index contributed by atoms with van der Waals surface area (Å²) >= 11 is -0.686. The molecule has 1 N–H and O–H groups in total. The zero-order valence-electron chi connectivity index (χ0n) is 20.7. The lowest BCUT2D eigenvalue weighted by Gasteiger charge is -2.22. The Labute approximate surface area is 216 Å². The molecule has 0 radical (unpaired) electrons. The van der Waals surface area contributed by atoms with Crippen LogP contribution in [0.3, 0.4) is 0 Å². The summed E-state index contributed by atoms with van der Waals surface area (Å²) in [5.41, 5.74) is -4.84. The molecule has 0 aliphatic heterocycles. The van der Waals surface area contributed by atoms with Crippen LogP contribution < -0.4 is 4.74 Å². The second-order valence-corrected chi connectivity index (χ2v) is 9.41. The van der Waals surface area contributed by atoms with Gasteiger partial charge in [-0.3, -0.25) is 0 Å². The Morgan fingerprint density at radius 1 is 0.649 bits per heavy atom. The number of halogens is 8. The molecule has 0 amide bonds. The summed E-state index contributed by atoms with van der Waals surface area (Å²) in [6.45, 7) is 1.58. The molecule has 1 aromatic carbocycles. The normalized spacial score (nSPS) is 12.4. The first-order valence-electron chi connectivity index (χ1n) is 12.4. The Kier molecular flexibility index (Phi) is 15.8. The van der Waals surface area contributed by atoms with Crippen LogP contribution in [0.15, 0.2) is 4.90 Å². The molecule has 216 valence electrons. The number of benzene rings is 1. The fraction of sp³-hybridized carbons (Fsp3) is 0.750. The quantitative estimate of drug-likeness (QED) is 0.0590. The molecule has 0 atom stereocenters. The van der Waals surface area contributed by atoms with Gasteiger partial charge in [0, 0.05) is 0 Å². The highest BCUT2D eigenvalue weighted by Gasteiger charge is 2.49. The fourth-order valence-corrected chi connectivity index (χ4v) is 4.34. The Morgan fingerprint density at radius 3 is 1.38 bits per heavy atom. The summed E-state index contributed by atoms with van der Waals surface area (Å²) in [5, 5.41) is 11.1. The molecule has 13 heteroatoms. The molecule has 0 aliphatic carbocycles. The SMILES string of the molecule is CCCCCCCCCCCCCCCCOc1c(C(F)(F)F)c(F)c(SOOO)c(F)c1C(F)(F)F. The molecule has 0 saturated carbocycles. The third kappa shape index (κ3) is 12.0. The topological polar surface area (TPSA) is 47.9 Å². The maximum absolute atomic E-state index is 14.4. The van der Waals surface area contributed by atoms with Crippen molar-refractivity contribution in [2.24, 2.45) is 0 Å². The molecule has 0 aromatic heterocycles. The molecule has 0 unspecified atom stereocenters. The Hall–Kier alpha value is -1.31. The molecule has 0 spiro atoms. The van der Waals surface area contributed by atoms with Gasteiger partial charge in [-0.1, -0.05) is 95.4 Å². The predicted octanol–water partition coefficient (Wildman–Crippen LogP) is 10.3. The van der Waals surface area contributed by atoms with Gasteiger partial charge in [0.15, 0.2) is 11.6 Å². The van der Waals surface area contributed by atoms with Crippen LogP contribution in [0.5, 0.6) is 5.75 Å².